The van der Waals surface area contributed by atoms with Crippen LogP contribution in [0.2, 0.25) is 0 Å². The van der Waals surface area contributed by atoms with Crippen molar-refractivity contribution in [3.63, 3.8) is 0 Å². The number of aliphatic hydroxyl groups excluding tert-OH is 1. The molecular formula is C10H21N2O5P. The first-order valence-electron chi connectivity index (χ1n) is 6.03. The molecule has 1 saturated heterocycles. The molecule has 0 aromatic heterocycles. The van der Waals surface area contributed by atoms with Gasteiger partial charge in [-0.3, -0.25) is 14.3 Å². The number of nitrogens with two attached hydrogens (primary N) is 1. The molecular weight excluding hydrogens is 259 g/mol. The Bertz CT molecular complexity index is 328. The Balaban J connectivity index is 2.74. The highest BCUT2D eigenvalue weighted by molar-refractivity contribution is 7.53. The van der Waals surface area contributed by atoms with Crippen molar-refractivity contribution in [1.82, 2.24) is 4.90 Å². The standard InChI is InChI=1S/C10H21N2O5P/c1-3-16-18(15,17-4-2)7-12-6-5-8(13)9(12)10(11)14/h8-9,13H,3-7H2,1-2H3,(H2,11,14)/t8?,9-/m0/s1. The molecule has 1 rings (SSSR count). The van der Waals surface area contributed by atoms with Crippen LogP contribution in [0.1, 0.15) is 20.3 Å². The topological polar surface area (TPSA) is 102 Å². The summed E-state index contributed by atoms with van der Waals surface area (Å²) < 4.78 is 22.6. The van der Waals surface area contributed by atoms with Crippen LogP contribution >= 0.6 is 7.60 Å². The molecule has 0 aromatic carbocycles. The Morgan fingerprint density at radius 1 is 1.44 bits per heavy atom. The van der Waals surface area contributed by atoms with Gasteiger partial charge in [-0.15, -0.1) is 0 Å². The van der Waals surface area contributed by atoms with Crippen LogP contribution in [0.3, 0.4) is 0 Å². The van der Waals surface area contributed by atoms with E-state index in [1.54, 1.807) is 18.7 Å². The zero-order valence-electron chi connectivity index (χ0n) is 10.7. The molecule has 1 unspecified atom stereocenters. The van der Waals surface area contributed by atoms with Crippen molar-refractivity contribution in [3.05, 3.63) is 0 Å². The van der Waals surface area contributed by atoms with Crippen LogP contribution in [0, 0.1) is 0 Å². The van der Waals surface area contributed by atoms with E-state index in [2.05, 4.69) is 0 Å². The Kier molecular flexibility index (Phi) is 5.75. The van der Waals surface area contributed by atoms with Crippen LogP contribution < -0.4 is 5.73 Å². The highest BCUT2D eigenvalue weighted by Crippen LogP contribution is 2.49. The second-order valence-electron chi connectivity index (χ2n) is 4.10. The monoisotopic (exact) mass is 280 g/mol. The minimum absolute atomic E-state index is 0.0284. The summed E-state index contributed by atoms with van der Waals surface area (Å²) in [5.74, 6) is -0.625. The van der Waals surface area contributed by atoms with E-state index in [1.165, 1.54) is 0 Å². The van der Waals surface area contributed by atoms with Gasteiger partial charge in [-0.2, -0.15) is 0 Å². The van der Waals surface area contributed by atoms with E-state index in [0.29, 0.717) is 13.0 Å². The lowest BCUT2D eigenvalue weighted by molar-refractivity contribution is -0.124. The summed E-state index contributed by atoms with van der Waals surface area (Å²) in [5.41, 5.74) is 5.23. The molecule has 1 heterocycles. The SMILES string of the molecule is CCOP(=O)(CN1CCC(O)[C@H]1C(N)=O)OCC. The Morgan fingerprint density at radius 3 is 2.44 bits per heavy atom. The zero-order valence-corrected chi connectivity index (χ0v) is 11.6. The number of carbonyl (C=O) groups is 1. The zero-order chi connectivity index (χ0) is 13.8. The van der Waals surface area contributed by atoms with Crippen LogP contribution in [0.5, 0.6) is 0 Å². The summed E-state index contributed by atoms with van der Waals surface area (Å²) >= 11 is 0. The fourth-order valence-electron chi connectivity index (χ4n) is 2.10. The number of hydrogen-bond donors (Lipinski definition) is 2. The van der Waals surface area contributed by atoms with E-state index in [9.17, 15) is 14.5 Å². The lowest BCUT2D eigenvalue weighted by Crippen LogP contribution is -2.46. The van der Waals surface area contributed by atoms with E-state index in [4.69, 9.17) is 14.8 Å². The van der Waals surface area contributed by atoms with Crippen LogP contribution in [-0.2, 0) is 18.4 Å². The normalized spacial score (nSPS) is 25.5. The first-order chi connectivity index (χ1) is 8.43. The van der Waals surface area contributed by atoms with Gasteiger partial charge >= 0.3 is 7.60 Å². The van der Waals surface area contributed by atoms with Gasteiger partial charge in [-0.25, -0.2) is 0 Å². The molecule has 1 aliphatic rings. The molecule has 0 bridgehead atoms. The highest BCUT2D eigenvalue weighted by Gasteiger charge is 2.41. The van der Waals surface area contributed by atoms with Crippen LogP contribution in [0.4, 0.5) is 0 Å². The summed E-state index contributed by atoms with van der Waals surface area (Å²) in [6, 6.07) is -0.820. The van der Waals surface area contributed by atoms with Gasteiger partial charge in [0.2, 0.25) is 5.91 Å². The molecule has 1 amide bonds. The third-order valence-electron chi connectivity index (χ3n) is 2.77. The molecule has 106 valence electrons. The van der Waals surface area contributed by atoms with Crippen molar-refractivity contribution in [2.24, 2.45) is 5.73 Å². The van der Waals surface area contributed by atoms with Crippen molar-refractivity contribution >= 4 is 13.5 Å². The second-order valence-corrected chi connectivity index (χ2v) is 6.12. The van der Waals surface area contributed by atoms with Gasteiger partial charge in [0, 0.05) is 6.54 Å². The Morgan fingerprint density at radius 2 is 2.00 bits per heavy atom. The van der Waals surface area contributed by atoms with Crippen LogP contribution in [0.15, 0.2) is 0 Å². The quantitative estimate of drug-likeness (QED) is 0.643. The molecule has 1 aliphatic heterocycles. The van der Waals surface area contributed by atoms with Crippen LogP contribution in [0.25, 0.3) is 0 Å². The largest absolute Gasteiger partial charge is 0.391 e. The first-order valence-corrected chi connectivity index (χ1v) is 7.76. The predicted molar refractivity (Wildman–Crippen MR) is 66.0 cm³/mol. The number of hydrogen-bond acceptors (Lipinski definition) is 6. The summed E-state index contributed by atoms with van der Waals surface area (Å²) in [6.45, 7) is 4.40. The van der Waals surface area contributed by atoms with E-state index in [-0.39, 0.29) is 19.5 Å². The third kappa shape index (κ3) is 3.76. The van der Waals surface area contributed by atoms with E-state index < -0.39 is 25.6 Å². The van der Waals surface area contributed by atoms with Gasteiger partial charge in [0.1, 0.15) is 12.3 Å². The molecule has 2 atom stereocenters. The van der Waals surface area contributed by atoms with E-state index >= 15 is 0 Å². The van der Waals surface area contributed by atoms with Crippen molar-refractivity contribution < 1.29 is 23.5 Å². The van der Waals surface area contributed by atoms with Gasteiger partial charge in [0.25, 0.3) is 0 Å². The smallest absolute Gasteiger partial charge is 0.344 e. The molecule has 0 aromatic rings. The summed E-state index contributed by atoms with van der Waals surface area (Å²) in [6.07, 6.45) is -0.426. The van der Waals surface area contributed by atoms with Gasteiger partial charge in [0.05, 0.1) is 19.3 Å². The highest BCUT2D eigenvalue weighted by atomic mass is 31.2. The maximum atomic E-state index is 12.3. The lowest BCUT2D eigenvalue weighted by atomic mass is 10.1. The van der Waals surface area contributed by atoms with Gasteiger partial charge < -0.3 is 19.9 Å². The molecule has 0 saturated carbocycles. The molecule has 3 N–H and O–H groups in total. The molecule has 8 heteroatoms. The van der Waals surface area contributed by atoms with Crippen molar-refractivity contribution in [3.8, 4) is 0 Å². The fourth-order valence-corrected chi connectivity index (χ4v) is 3.89. The minimum Gasteiger partial charge on any atom is -0.391 e. The Hall–Kier alpha value is -0.460. The number of aliphatic hydroxyl groups is 1. The lowest BCUT2D eigenvalue weighted by Gasteiger charge is -2.27. The van der Waals surface area contributed by atoms with Gasteiger partial charge in [-0.1, -0.05) is 0 Å². The number of carbonyl (C=O) groups excluding carboxylic acids is 1. The Labute approximate surface area is 107 Å². The maximum absolute atomic E-state index is 12.3. The molecule has 7 nitrogen and oxygen atoms in total. The maximum Gasteiger partial charge on any atom is 0.344 e. The number of likely N-dealkylation sites (tertiary alicyclic amines) is 1. The number of amides is 1. The number of rotatable bonds is 7. The second kappa shape index (κ2) is 6.63. The van der Waals surface area contributed by atoms with Gasteiger partial charge in [0.15, 0.2) is 0 Å². The van der Waals surface area contributed by atoms with E-state index in [0.717, 1.165) is 0 Å². The first kappa shape index (κ1) is 15.6. The summed E-state index contributed by atoms with van der Waals surface area (Å²) in [4.78, 5) is 12.8. The third-order valence-corrected chi connectivity index (χ3v) is 4.78. The summed E-state index contributed by atoms with van der Waals surface area (Å²) in [7, 11) is -3.27. The number of nitrogens with zero attached hydrogens (tertiary/aromatic N) is 1. The van der Waals surface area contributed by atoms with Crippen molar-refractivity contribution in [2.75, 3.05) is 26.0 Å². The average molecular weight is 280 g/mol. The van der Waals surface area contributed by atoms with Crippen LogP contribution in [-0.4, -0.2) is 54.1 Å². The van der Waals surface area contributed by atoms with E-state index in [1.807, 2.05) is 0 Å². The molecule has 0 aliphatic carbocycles. The predicted octanol–water partition coefficient (Wildman–Crippen LogP) is 0.130. The minimum atomic E-state index is -3.27. The fraction of sp³-hybridized carbons (Fsp3) is 0.900. The molecule has 1 fully saturated rings. The number of primary amides is 1. The van der Waals surface area contributed by atoms with Gasteiger partial charge in [-0.05, 0) is 20.3 Å². The summed E-state index contributed by atoms with van der Waals surface area (Å²) in [5, 5.41) is 9.67. The van der Waals surface area contributed by atoms with Crippen molar-refractivity contribution in [2.45, 2.75) is 32.4 Å². The molecule has 18 heavy (non-hydrogen) atoms. The molecule has 0 radical (unpaired) electrons. The molecule has 0 spiro atoms. The van der Waals surface area contributed by atoms with Crippen molar-refractivity contribution in [1.29, 1.82) is 0 Å². The average Bonchev–Trinajstić information content (AvgIpc) is 2.59.